The van der Waals surface area contributed by atoms with Crippen LogP contribution in [0, 0.1) is 0 Å². The van der Waals surface area contributed by atoms with Crippen molar-refractivity contribution >= 4 is 37.9 Å². The maximum Gasteiger partial charge on any atom is 0.186 e. The van der Waals surface area contributed by atoms with Crippen LogP contribution in [0.3, 0.4) is 0 Å². The third-order valence-electron chi connectivity index (χ3n) is 4.87. The first kappa shape index (κ1) is 15.2. The summed E-state index contributed by atoms with van der Waals surface area (Å²) >= 11 is 7.25. The van der Waals surface area contributed by atoms with Gasteiger partial charge in [0.05, 0.1) is 17.7 Å². The molecule has 2 aliphatic heterocycles. The van der Waals surface area contributed by atoms with Gasteiger partial charge in [-0.1, -0.05) is 15.9 Å². The van der Waals surface area contributed by atoms with Crippen LogP contribution in [0.15, 0.2) is 26.7 Å². The summed E-state index contributed by atoms with van der Waals surface area (Å²) in [6.07, 6.45) is 7.02. The highest BCUT2D eigenvalue weighted by molar-refractivity contribution is 9.11. The van der Waals surface area contributed by atoms with Gasteiger partial charge in [-0.3, -0.25) is 4.90 Å². The van der Waals surface area contributed by atoms with Crippen molar-refractivity contribution in [2.24, 2.45) is 0 Å². The van der Waals surface area contributed by atoms with Crippen LogP contribution in [-0.2, 0) is 4.74 Å². The van der Waals surface area contributed by atoms with Crippen molar-refractivity contribution in [2.45, 2.75) is 31.4 Å². The Bertz CT molecular complexity index is 625. The topological polar surface area (TPSA) is 21.7 Å². The molecule has 1 saturated heterocycles. The molecule has 0 unspecified atom stereocenters. The summed E-state index contributed by atoms with van der Waals surface area (Å²) in [6, 6.07) is 4.21. The number of halogens is 2. The molecule has 5 heteroatoms. The van der Waals surface area contributed by atoms with E-state index in [4.69, 9.17) is 9.47 Å². The van der Waals surface area contributed by atoms with Gasteiger partial charge in [0.25, 0.3) is 0 Å². The normalized spacial score (nSPS) is 28.4. The van der Waals surface area contributed by atoms with Crippen molar-refractivity contribution < 1.29 is 9.47 Å². The summed E-state index contributed by atoms with van der Waals surface area (Å²) in [7, 11) is 0. The second kappa shape index (κ2) is 5.93. The zero-order valence-electron chi connectivity index (χ0n) is 12.4. The minimum Gasteiger partial charge on any atom is -0.467 e. The van der Waals surface area contributed by atoms with Crippen LogP contribution in [0.1, 0.15) is 31.2 Å². The van der Waals surface area contributed by atoms with Gasteiger partial charge in [0.1, 0.15) is 5.75 Å². The number of fused-ring (bicyclic) bond motifs is 2. The second-order valence-electron chi connectivity index (χ2n) is 6.17. The van der Waals surface area contributed by atoms with Crippen LogP contribution in [-0.4, -0.2) is 36.9 Å². The Kier molecular flexibility index (Phi) is 4.09. The fourth-order valence-electron chi connectivity index (χ4n) is 3.84. The minimum absolute atomic E-state index is 0.259. The molecule has 2 heterocycles. The van der Waals surface area contributed by atoms with Crippen molar-refractivity contribution in [3.8, 4) is 5.75 Å². The van der Waals surface area contributed by atoms with Gasteiger partial charge in [-0.2, -0.15) is 0 Å². The lowest BCUT2D eigenvalue weighted by Crippen LogP contribution is -2.59. The molecule has 0 spiro atoms. The number of benzene rings is 1. The van der Waals surface area contributed by atoms with E-state index < -0.39 is 0 Å². The first-order valence-corrected chi connectivity index (χ1v) is 9.49. The van der Waals surface area contributed by atoms with Crippen LogP contribution >= 0.6 is 31.9 Å². The third-order valence-corrected chi connectivity index (χ3v) is 5.92. The van der Waals surface area contributed by atoms with Crippen molar-refractivity contribution in [3.05, 3.63) is 32.2 Å². The summed E-state index contributed by atoms with van der Waals surface area (Å²) in [6.45, 7) is 3.49. The van der Waals surface area contributed by atoms with Crippen molar-refractivity contribution in [3.63, 3.8) is 0 Å². The summed E-state index contributed by atoms with van der Waals surface area (Å²) in [5.41, 5.74) is 2.34. The highest BCUT2D eigenvalue weighted by Crippen LogP contribution is 2.48. The summed E-state index contributed by atoms with van der Waals surface area (Å²) in [5.74, 6) is 0.973. The molecule has 1 aromatic rings. The molecular weight excluding hydrogens is 410 g/mol. The fraction of sp³-hybridized carbons (Fsp3) is 0.529. The highest BCUT2D eigenvalue weighted by atomic mass is 79.9. The minimum atomic E-state index is -0.259. The maximum atomic E-state index is 6.68. The molecule has 3 aliphatic rings. The van der Waals surface area contributed by atoms with Gasteiger partial charge in [-0.05, 0) is 59.0 Å². The molecule has 2 fully saturated rings. The van der Waals surface area contributed by atoms with Crippen LogP contribution < -0.4 is 4.74 Å². The van der Waals surface area contributed by atoms with Gasteiger partial charge < -0.3 is 9.47 Å². The largest absolute Gasteiger partial charge is 0.467 e. The standard InChI is InChI=1S/C17H19Br2NO2/c18-14-10-12-9-13-3-1-2-4-17(13,20-5-7-21-8-6-20)22-16(12)15(19)11-14/h9-11H,1-8H2/t17-/m1/s1. The zero-order chi connectivity index (χ0) is 15.2. The predicted octanol–water partition coefficient (Wildman–Crippen LogP) is 4.59. The molecular formula is C17H19Br2NO2. The van der Waals surface area contributed by atoms with Gasteiger partial charge in [0, 0.05) is 29.5 Å². The monoisotopic (exact) mass is 427 g/mol. The molecule has 4 rings (SSSR count). The van der Waals surface area contributed by atoms with Gasteiger partial charge >= 0.3 is 0 Å². The first-order valence-electron chi connectivity index (χ1n) is 7.91. The Morgan fingerprint density at radius 3 is 2.73 bits per heavy atom. The van der Waals surface area contributed by atoms with E-state index in [9.17, 15) is 0 Å². The summed E-state index contributed by atoms with van der Waals surface area (Å²) < 4.78 is 14.3. The maximum absolute atomic E-state index is 6.68. The second-order valence-corrected chi connectivity index (χ2v) is 7.94. The van der Waals surface area contributed by atoms with E-state index in [1.807, 2.05) is 0 Å². The van der Waals surface area contributed by atoms with Gasteiger partial charge in [-0.25, -0.2) is 0 Å². The quantitative estimate of drug-likeness (QED) is 0.652. The lowest BCUT2D eigenvalue weighted by atomic mass is 9.82. The van der Waals surface area contributed by atoms with Crippen LogP contribution in [0.4, 0.5) is 0 Å². The number of nitrogens with zero attached hydrogens (tertiary/aromatic N) is 1. The van der Waals surface area contributed by atoms with E-state index in [-0.39, 0.29) is 5.72 Å². The molecule has 1 aromatic carbocycles. The summed E-state index contributed by atoms with van der Waals surface area (Å²) in [4.78, 5) is 2.49. The molecule has 3 nitrogen and oxygen atoms in total. The average molecular weight is 429 g/mol. The smallest absolute Gasteiger partial charge is 0.186 e. The Morgan fingerprint density at radius 1 is 1.09 bits per heavy atom. The first-order chi connectivity index (χ1) is 10.7. The van der Waals surface area contributed by atoms with Crippen LogP contribution in [0.5, 0.6) is 5.75 Å². The number of morpholine rings is 1. The molecule has 0 amide bonds. The number of hydrogen-bond donors (Lipinski definition) is 0. The Hall–Kier alpha value is -0.360. The van der Waals surface area contributed by atoms with E-state index in [0.29, 0.717) is 0 Å². The molecule has 1 atom stereocenters. The predicted molar refractivity (Wildman–Crippen MR) is 94.0 cm³/mol. The molecule has 118 valence electrons. The van der Waals surface area contributed by atoms with Crippen molar-refractivity contribution in [1.29, 1.82) is 0 Å². The highest BCUT2D eigenvalue weighted by Gasteiger charge is 2.47. The van der Waals surface area contributed by atoms with E-state index in [0.717, 1.165) is 53.8 Å². The lowest BCUT2D eigenvalue weighted by molar-refractivity contribution is -0.113. The van der Waals surface area contributed by atoms with Crippen LogP contribution in [0.2, 0.25) is 0 Å². The van der Waals surface area contributed by atoms with Gasteiger partial charge in [-0.15, -0.1) is 0 Å². The third kappa shape index (κ3) is 2.46. The van der Waals surface area contributed by atoms with E-state index >= 15 is 0 Å². The Morgan fingerprint density at radius 2 is 1.91 bits per heavy atom. The average Bonchev–Trinajstić information content (AvgIpc) is 2.54. The number of hydrogen-bond acceptors (Lipinski definition) is 3. The van der Waals surface area contributed by atoms with Crippen molar-refractivity contribution in [2.75, 3.05) is 26.3 Å². The number of rotatable bonds is 1. The molecule has 0 bridgehead atoms. The molecule has 1 saturated carbocycles. The molecule has 22 heavy (non-hydrogen) atoms. The van der Waals surface area contributed by atoms with Crippen molar-refractivity contribution in [1.82, 2.24) is 4.90 Å². The van der Waals surface area contributed by atoms with Gasteiger partial charge in [0.15, 0.2) is 5.72 Å². The zero-order valence-corrected chi connectivity index (χ0v) is 15.6. The van der Waals surface area contributed by atoms with E-state index in [1.165, 1.54) is 24.0 Å². The summed E-state index contributed by atoms with van der Waals surface area (Å²) in [5, 5.41) is 0. The lowest BCUT2D eigenvalue weighted by Gasteiger charge is -2.50. The fourth-order valence-corrected chi connectivity index (χ4v) is 5.18. The number of ether oxygens (including phenoxy) is 2. The van der Waals surface area contributed by atoms with Gasteiger partial charge in [0.2, 0.25) is 0 Å². The Balaban J connectivity index is 1.80. The SMILES string of the molecule is Brc1cc(Br)c2c(c1)C=C1CCCC[C@@]1(N1CCOCC1)O2. The molecule has 1 aliphatic carbocycles. The molecule has 0 N–H and O–H groups in total. The molecule has 0 radical (unpaired) electrons. The molecule has 0 aromatic heterocycles. The van der Waals surface area contributed by atoms with E-state index in [1.54, 1.807) is 0 Å². The van der Waals surface area contributed by atoms with Crippen LogP contribution in [0.25, 0.3) is 6.08 Å². The van der Waals surface area contributed by atoms with E-state index in [2.05, 4.69) is 55.0 Å². The Labute approximate surface area is 147 Å².